The van der Waals surface area contributed by atoms with Crippen LogP contribution < -0.4 is 9.47 Å². The lowest BCUT2D eigenvalue weighted by atomic mass is 10.3. The molecule has 0 atom stereocenters. The zero-order chi connectivity index (χ0) is 13.8. The Morgan fingerprint density at radius 3 is 2.60 bits per heavy atom. The van der Waals surface area contributed by atoms with Crippen molar-refractivity contribution in [3.05, 3.63) is 60.8 Å². The summed E-state index contributed by atoms with van der Waals surface area (Å²) in [7, 11) is 1.60. The quantitative estimate of drug-likeness (QED) is 0.779. The Morgan fingerprint density at radius 1 is 0.950 bits per heavy atom. The Hall–Kier alpha value is -2.75. The zero-order valence-corrected chi connectivity index (χ0v) is 11.0. The summed E-state index contributed by atoms with van der Waals surface area (Å²) < 4.78 is 10.9. The Kier molecular flexibility index (Phi) is 3.37. The number of nitrogens with zero attached hydrogens (tertiary/aromatic N) is 1. The molecule has 0 aliphatic carbocycles. The van der Waals surface area contributed by atoms with Crippen molar-refractivity contribution in [2.75, 3.05) is 7.11 Å². The predicted octanol–water partition coefficient (Wildman–Crippen LogP) is 3.88. The van der Waals surface area contributed by atoms with E-state index in [1.54, 1.807) is 7.11 Å². The lowest BCUT2D eigenvalue weighted by Crippen LogP contribution is -1.89. The average Bonchev–Trinajstić information content (AvgIpc) is 2.97. The maximum atomic E-state index is 5.75. The molecule has 0 amide bonds. The first-order valence-corrected chi connectivity index (χ1v) is 6.28. The van der Waals surface area contributed by atoms with Gasteiger partial charge in [-0.15, -0.1) is 0 Å². The first-order valence-electron chi connectivity index (χ1n) is 6.28. The average molecular weight is 266 g/mol. The number of aromatic nitrogens is 2. The van der Waals surface area contributed by atoms with E-state index in [-0.39, 0.29) is 0 Å². The van der Waals surface area contributed by atoms with Gasteiger partial charge in [0.1, 0.15) is 11.5 Å². The number of benzene rings is 1. The van der Waals surface area contributed by atoms with Gasteiger partial charge in [0.25, 0.3) is 0 Å². The number of pyridine rings is 1. The standard InChI is InChI=1S/C16H14N2O2/c1-19-16-9-5-8-14(18-16)15-10-13(11-17-15)20-12-6-3-2-4-7-12/h2-11,17H,1H3. The minimum absolute atomic E-state index is 0.586. The summed E-state index contributed by atoms with van der Waals surface area (Å²) in [5.41, 5.74) is 1.70. The topological polar surface area (TPSA) is 47.1 Å². The van der Waals surface area contributed by atoms with E-state index in [1.807, 2.05) is 60.8 Å². The van der Waals surface area contributed by atoms with Crippen molar-refractivity contribution in [2.45, 2.75) is 0 Å². The molecule has 0 unspecified atom stereocenters. The Morgan fingerprint density at radius 2 is 1.80 bits per heavy atom. The summed E-state index contributed by atoms with van der Waals surface area (Å²) in [5.74, 6) is 2.13. The maximum Gasteiger partial charge on any atom is 0.213 e. The molecule has 0 bridgehead atoms. The molecule has 0 fully saturated rings. The molecule has 0 aliphatic rings. The first-order chi connectivity index (χ1) is 9.85. The number of aromatic amines is 1. The van der Waals surface area contributed by atoms with Gasteiger partial charge in [0.05, 0.1) is 18.5 Å². The van der Waals surface area contributed by atoms with Crippen LogP contribution in [0.15, 0.2) is 60.8 Å². The van der Waals surface area contributed by atoms with E-state index in [0.29, 0.717) is 5.88 Å². The van der Waals surface area contributed by atoms with Crippen LogP contribution in [0.4, 0.5) is 0 Å². The van der Waals surface area contributed by atoms with Crippen molar-refractivity contribution in [3.63, 3.8) is 0 Å². The number of hydrogen-bond donors (Lipinski definition) is 1. The summed E-state index contributed by atoms with van der Waals surface area (Å²) in [6, 6.07) is 17.2. The summed E-state index contributed by atoms with van der Waals surface area (Å²) in [5, 5.41) is 0. The molecule has 3 rings (SSSR count). The second-order valence-electron chi connectivity index (χ2n) is 4.23. The fraction of sp³-hybridized carbons (Fsp3) is 0.0625. The van der Waals surface area contributed by atoms with Crippen molar-refractivity contribution in [1.29, 1.82) is 0 Å². The van der Waals surface area contributed by atoms with Crippen LogP contribution in [-0.4, -0.2) is 17.1 Å². The Bertz CT molecular complexity index is 692. The van der Waals surface area contributed by atoms with Crippen LogP contribution in [0.2, 0.25) is 0 Å². The van der Waals surface area contributed by atoms with Gasteiger partial charge in [-0.2, -0.15) is 0 Å². The third kappa shape index (κ3) is 2.64. The zero-order valence-electron chi connectivity index (χ0n) is 11.0. The van der Waals surface area contributed by atoms with Crippen LogP contribution in [0.25, 0.3) is 11.4 Å². The van der Waals surface area contributed by atoms with E-state index in [9.17, 15) is 0 Å². The van der Waals surface area contributed by atoms with E-state index in [2.05, 4.69) is 9.97 Å². The fourth-order valence-corrected chi connectivity index (χ4v) is 1.88. The van der Waals surface area contributed by atoms with Gasteiger partial charge in [0, 0.05) is 18.3 Å². The number of ether oxygens (including phenoxy) is 2. The van der Waals surface area contributed by atoms with Crippen LogP contribution in [-0.2, 0) is 0 Å². The normalized spacial score (nSPS) is 10.2. The minimum Gasteiger partial charge on any atom is -0.481 e. The molecule has 0 saturated heterocycles. The molecule has 1 aromatic carbocycles. The maximum absolute atomic E-state index is 5.75. The number of hydrogen-bond acceptors (Lipinski definition) is 3. The van der Waals surface area contributed by atoms with Gasteiger partial charge in [-0.1, -0.05) is 24.3 Å². The molecule has 100 valence electrons. The lowest BCUT2D eigenvalue weighted by molar-refractivity contribution is 0.398. The van der Waals surface area contributed by atoms with E-state index >= 15 is 0 Å². The van der Waals surface area contributed by atoms with E-state index in [1.165, 1.54) is 0 Å². The van der Waals surface area contributed by atoms with Gasteiger partial charge in [0.2, 0.25) is 5.88 Å². The van der Waals surface area contributed by atoms with Gasteiger partial charge in [-0.05, 0) is 18.2 Å². The summed E-state index contributed by atoms with van der Waals surface area (Å²) >= 11 is 0. The molecule has 4 nitrogen and oxygen atoms in total. The molecular formula is C16H14N2O2. The van der Waals surface area contributed by atoms with Crippen LogP contribution in [0.5, 0.6) is 17.4 Å². The summed E-state index contributed by atoms with van der Waals surface area (Å²) in [6.07, 6.45) is 1.81. The van der Waals surface area contributed by atoms with Gasteiger partial charge in [0.15, 0.2) is 0 Å². The highest BCUT2D eigenvalue weighted by atomic mass is 16.5. The van der Waals surface area contributed by atoms with Gasteiger partial charge < -0.3 is 14.5 Å². The minimum atomic E-state index is 0.586. The highest BCUT2D eigenvalue weighted by molar-refractivity contribution is 5.58. The van der Waals surface area contributed by atoms with Crippen molar-refractivity contribution >= 4 is 0 Å². The molecule has 1 N–H and O–H groups in total. The lowest BCUT2D eigenvalue weighted by Gasteiger charge is -2.02. The molecular weight excluding hydrogens is 252 g/mol. The number of nitrogens with one attached hydrogen (secondary N) is 1. The summed E-state index contributed by atoms with van der Waals surface area (Å²) in [4.78, 5) is 7.52. The second kappa shape index (κ2) is 5.48. The van der Waals surface area contributed by atoms with Crippen LogP contribution in [0, 0.1) is 0 Å². The van der Waals surface area contributed by atoms with Crippen LogP contribution >= 0.6 is 0 Å². The molecule has 0 radical (unpaired) electrons. The molecule has 0 spiro atoms. The number of H-pyrrole nitrogens is 1. The highest BCUT2D eigenvalue weighted by Gasteiger charge is 2.06. The molecule has 3 aromatic rings. The second-order valence-corrected chi connectivity index (χ2v) is 4.23. The molecule has 2 heterocycles. The van der Waals surface area contributed by atoms with E-state index in [4.69, 9.17) is 9.47 Å². The third-order valence-corrected chi connectivity index (χ3v) is 2.84. The molecule has 0 saturated carbocycles. The molecule has 4 heteroatoms. The monoisotopic (exact) mass is 266 g/mol. The van der Waals surface area contributed by atoms with Crippen LogP contribution in [0.1, 0.15) is 0 Å². The predicted molar refractivity (Wildman–Crippen MR) is 77.1 cm³/mol. The van der Waals surface area contributed by atoms with E-state index in [0.717, 1.165) is 22.9 Å². The van der Waals surface area contributed by atoms with Crippen molar-refractivity contribution in [2.24, 2.45) is 0 Å². The smallest absolute Gasteiger partial charge is 0.213 e. The largest absolute Gasteiger partial charge is 0.481 e. The molecule has 0 aliphatic heterocycles. The van der Waals surface area contributed by atoms with Gasteiger partial charge in [-0.25, -0.2) is 4.98 Å². The summed E-state index contributed by atoms with van der Waals surface area (Å²) in [6.45, 7) is 0. The number of rotatable bonds is 4. The SMILES string of the molecule is COc1cccc(-c2cc(Oc3ccccc3)c[nH]2)n1. The molecule has 20 heavy (non-hydrogen) atoms. The third-order valence-electron chi connectivity index (χ3n) is 2.84. The fourth-order valence-electron chi connectivity index (χ4n) is 1.88. The number of para-hydroxylation sites is 1. The van der Waals surface area contributed by atoms with Crippen molar-refractivity contribution < 1.29 is 9.47 Å². The van der Waals surface area contributed by atoms with Crippen molar-refractivity contribution in [3.8, 4) is 28.8 Å². The van der Waals surface area contributed by atoms with Gasteiger partial charge >= 0.3 is 0 Å². The number of methoxy groups -OCH3 is 1. The first kappa shape index (κ1) is 12.3. The van der Waals surface area contributed by atoms with Gasteiger partial charge in [-0.3, -0.25) is 0 Å². The van der Waals surface area contributed by atoms with E-state index < -0.39 is 0 Å². The Balaban J connectivity index is 1.83. The van der Waals surface area contributed by atoms with Crippen LogP contribution in [0.3, 0.4) is 0 Å². The van der Waals surface area contributed by atoms with Crippen molar-refractivity contribution in [1.82, 2.24) is 9.97 Å². The Labute approximate surface area is 117 Å². The molecule has 2 aromatic heterocycles. The highest BCUT2D eigenvalue weighted by Crippen LogP contribution is 2.26.